The third kappa shape index (κ3) is 2.64. The summed E-state index contributed by atoms with van der Waals surface area (Å²) in [5.41, 5.74) is 7.87. The molecule has 2 aliphatic rings. The van der Waals surface area contributed by atoms with Crippen LogP contribution in [0, 0.1) is 5.92 Å². The van der Waals surface area contributed by atoms with Gasteiger partial charge in [0.1, 0.15) is 0 Å². The summed E-state index contributed by atoms with van der Waals surface area (Å²) in [7, 11) is 0. The van der Waals surface area contributed by atoms with Crippen LogP contribution < -0.4 is 16.0 Å². The molecule has 1 aromatic carbocycles. The lowest BCUT2D eigenvalue weighted by atomic mass is 10.0. The van der Waals surface area contributed by atoms with Gasteiger partial charge in [0.15, 0.2) is 0 Å². The van der Waals surface area contributed by atoms with Gasteiger partial charge in [-0.1, -0.05) is 12.1 Å². The van der Waals surface area contributed by atoms with Gasteiger partial charge < -0.3 is 20.7 Å². The van der Waals surface area contributed by atoms with Gasteiger partial charge in [0, 0.05) is 19.1 Å². The first-order valence-electron chi connectivity index (χ1n) is 7.24. The first-order chi connectivity index (χ1) is 9.75. The highest BCUT2D eigenvalue weighted by Crippen LogP contribution is 2.29. The molecule has 2 atom stereocenters. The number of nitrogens with two attached hydrogens (primary N) is 1. The van der Waals surface area contributed by atoms with E-state index in [1.54, 1.807) is 0 Å². The van der Waals surface area contributed by atoms with Gasteiger partial charge in [-0.25, -0.2) is 0 Å². The van der Waals surface area contributed by atoms with Crippen LogP contribution in [-0.4, -0.2) is 38.3 Å². The van der Waals surface area contributed by atoms with Gasteiger partial charge >= 0.3 is 0 Å². The van der Waals surface area contributed by atoms with E-state index in [1.807, 2.05) is 18.2 Å². The second-order valence-electron chi connectivity index (χ2n) is 5.51. The van der Waals surface area contributed by atoms with Crippen LogP contribution in [-0.2, 0) is 9.53 Å². The molecule has 0 aromatic heterocycles. The molecule has 0 spiro atoms. The van der Waals surface area contributed by atoms with Gasteiger partial charge in [0.05, 0.1) is 30.5 Å². The largest absolute Gasteiger partial charge is 0.379 e. The molecule has 5 heteroatoms. The summed E-state index contributed by atoms with van der Waals surface area (Å²) in [6.07, 6.45) is 2.42. The molecule has 0 bridgehead atoms. The Hall–Kier alpha value is -1.59. The zero-order chi connectivity index (χ0) is 13.9. The summed E-state index contributed by atoms with van der Waals surface area (Å²) >= 11 is 0. The highest BCUT2D eigenvalue weighted by molar-refractivity contribution is 5.96. The first kappa shape index (κ1) is 13.4. The van der Waals surface area contributed by atoms with Gasteiger partial charge in [-0.2, -0.15) is 0 Å². The summed E-state index contributed by atoms with van der Waals surface area (Å²) < 4.78 is 5.26. The average molecular weight is 275 g/mol. The number of rotatable bonds is 3. The number of para-hydroxylation sites is 2. The molecule has 0 radical (unpaired) electrons. The normalized spacial score (nSPS) is 25.9. The maximum Gasteiger partial charge on any atom is 0.231 e. The van der Waals surface area contributed by atoms with Crippen molar-refractivity contribution in [1.29, 1.82) is 0 Å². The Kier molecular flexibility index (Phi) is 3.89. The monoisotopic (exact) mass is 275 g/mol. The standard InChI is InChI=1S/C15H21N3O2/c16-12-10-20-9-11(12)15(19)17-13-5-1-2-6-14(13)18-7-3-4-8-18/h1-2,5-6,11-12H,3-4,7-10,16H2,(H,17,19). The molecule has 3 N–H and O–H groups in total. The van der Waals surface area contributed by atoms with Gasteiger partial charge in [0.2, 0.25) is 5.91 Å². The Morgan fingerprint density at radius 2 is 2.00 bits per heavy atom. The third-order valence-corrected chi connectivity index (χ3v) is 4.07. The quantitative estimate of drug-likeness (QED) is 0.870. The Labute approximate surface area is 119 Å². The number of carbonyl (C=O) groups is 1. The third-order valence-electron chi connectivity index (χ3n) is 4.07. The summed E-state index contributed by atoms with van der Waals surface area (Å²) in [6.45, 7) is 2.99. The fourth-order valence-electron chi connectivity index (χ4n) is 2.88. The predicted molar refractivity (Wildman–Crippen MR) is 78.8 cm³/mol. The Balaban J connectivity index is 1.75. The molecular weight excluding hydrogens is 254 g/mol. The van der Waals surface area contributed by atoms with Gasteiger partial charge in [-0.15, -0.1) is 0 Å². The topological polar surface area (TPSA) is 67.6 Å². The van der Waals surface area contributed by atoms with Crippen molar-refractivity contribution in [1.82, 2.24) is 0 Å². The summed E-state index contributed by atoms with van der Waals surface area (Å²) in [5.74, 6) is -0.289. The van der Waals surface area contributed by atoms with Gasteiger partial charge in [-0.05, 0) is 25.0 Å². The lowest BCUT2D eigenvalue weighted by Crippen LogP contribution is -2.37. The van der Waals surface area contributed by atoms with E-state index in [9.17, 15) is 4.79 Å². The van der Waals surface area contributed by atoms with Gasteiger partial charge in [0.25, 0.3) is 0 Å². The number of ether oxygens (including phenoxy) is 1. The lowest BCUT2D eigenvalue weighted by molar-refractivity contribution is -0.120. The van der Waals surface area contributed by atoms with Gasteiger partial charge in [-0.3, -0.25) is 4.79 Å². The number of nitrogens with zero attached hydrogens (tertiary/aromatic N) is 1. The molecule has 20 heavy (non-hydrogen) atoms. The zero-order valence-corrected chi connectivity index (χ0v) is 11.5. The summed E-state index contributed by atoms with van der Waals surface area (Å²) in [5, 5.41) is 3.02. The molecule has 2 fully saturated rings. The summed E-state index contributed by atoms with van der Waals surface area (Å²) in [4.78, 5) is 14.6. The molecule has 2 saturated heterocycles. The van der Waals surface area contributed by atoms with Crippen molar-refractivity contribution in [3.05, 3.63) is 24.3 Å². The highest BCUT2D eigenvalue weighted by Gasteiger charge is 2.31. The number of amides is 1. The minimum absolute atomic E-state index is 0.0401. The number of hydrogen-bond acceptors (Lipinski definition) is 4. The van der Waals surface area contributed by atoms with E-state index < -0.39 is 0 Å². The Morgan fingerprint density at radius 1 is 1.25 bits per heavy atom. The van der Waals surface area contributed by atoms with Crippen molar-refractivity contribution in [2.45, 2.75) is 18.9 Å². The number of anilines is 2. The van der Waals surface area contributed by atoms with E-state index in [1.165, 1.54) is 12.8 Å². The second kappa shape index (κ2) is 5.81. The maximum atomic E-state index is 12.3. The van der Waals surface area contributed by atoms with E-state index in [0.29, 0.717) is 13.2 Å². The molecule has 2 unspecified atom stereocenters. The number of carbonyl (C=O) groups excluding carboxylic acids is 1. The molecule has 0 aliphatic carbocycles. The zero-order valence-electron chi connectivity index (χ0n) is 11.5. The number of nitrogens with one attached hydrogen (secondary N) is 1. The predicted octanol–water partition coefficient (Wildman–Crippen LogP) is 1.20. The number of benzene rings is 1. The molecule has 2 heterocycles. The lowest BCUT2D eigenvalue weighted by Gasteiger charge is -2.22. The van der Waals surface area contributed by atoms with E-state index in [4.69, 9.17) is 10.5 Å². The van der Waals surface area contributed by atoms with Crippen LogP contribution in [0.15, 0.2) is 24.3 Å². The SMILES string of the molecule is NC1COCC1C(=O)Nc1ccccc1N1CCCC1. The molecule has 3 rings (SSSR count). The fourth-order valence-corrected chi connectivity index (χ4v) is 2.88. The smallest absolute Gasteiger partial charge is 0.231 e. The van der Waals surface area contributed by atoms with Crippen molar-refractivity contribution in [2.75, 3.05) is 36.5 Å². The van der Waals surface area contributed by atoms with Crippen LogP contribution in [0.5, 0.6) is 0 Å². The molecule has 2 aliphatic heterocycles. The summed E-state index contributed by atoms with van der Waals surface area (Å²) in [6, 6.07) is 7.77. The van der Waals surface area contributed by atoms with Crippen LogP contribution in [0.25, 0.3) is 0 Å². The first-order valence-corrected chi connectivity index (χ1v) is 7.24. The second-order valence-corrected chi connectivity index (χ2v) is 5.51. The maximum absolute atomic E-state index is 12.3. The van der Waals surface area contributed by atoms with Crippen LogP contribution in [0.1, 0.15) is 12.8 Å². The Bertz CT molecular complexity index is 486. The van der Waals surface area contributed by atoms with E-state index in [2.05, 4.69) is 16.3 Å². The average Bonchev–Trinajstić information content (AvgIpc) is 3.10. The number of hydrogen-bond donors (Lipinski definition) is 2. The fraction of sp³-hybridized carbons (Fsp3) is 0.533. The minimum atomic E-state index is -0.248. The van der Waals surface area contributed by atoms with Crippen LogP contribution >= 0.6 is 0 Å². The molecular formula is C15H21N3O2. The molecule has 5 nitrogen and oxygen atoms in total. The molecule has 1 aromatic rings. The van der Waals surface area contributed by atoms with Crippen molar-refractivity contribution < 1.29 is 9.53 Å². The van der Waals surface area contributed by atoms with Crippen LogP contribution in [0.2, 0.25) is 0 Å². The minimum Gasteiger partial charge on any atom is -0.379 e. The van der Waals surface area contributed by atoms with Crippen LogP contribution in [0.3, 0.4) is 0 Å². The highest BCUT2D eigenvalue weighted by atomic mass is 16.5. The van der Waals surface area contributed by atoms with E-state index in [0.717, 1.165) is 24.5 Å². The molecule has 108 valence electrons. The van der Waals surface area contributed by atoms with Crippen molar-refractivity contribution in [3.8, 4) is 0 Å². The molecule has 1 amide bonds. The van der Waals surface area contributed by atoms with E-state index >= 15 is 0 Å². The van der Waals surface area contributed by atoms with Crippen LogP contribution in [0.4, 0.5) is 11.4 Å². The van der Waals surface area contributed by atoms with E-state index in [-0.39, 0.29) is 17.9 Å². The van der Waals surface area contributed by atoms with Crippen molar-refractivity contribution in [2.24, 2.45) is 11.7 Å². The van der Waals surface area contributed by atoms with Crippen molar-refractivity contribution in [3.63, 3.8) is 0 Å². The molecule has 0 saturated carbocycles. The Morgan fingerprint density at radius 3 is 2.70 bits per heavy atom. The van der Waals surface area contributed by atoms with Crippen molar-refractivity contribution >= 4 is 17.3 Å².